The molecule has 6 heteroatoms. The Hall–Kier alpha value is -3.67. The van der Waals surface area contributed by atoms with Gasteiger partial charge < -0.3 is 15.0 Å². The third-order valence-corrected chi connectivity index (χ3v) is 7.39. The molecule has 0 bridgehead atoms. The lowest BCUT2D eigenvalue weighted by Gasteiger charge is -2.33. The third kappa shape index (κ3) is 7.44. The molecule has 0 heterocycles. The van der Waals surface area contributed by atoms with Crippen LogP contribution in [0.3, 0.4) is 0 Å². The summed E-state index contributed by atoms with van der Waals surface area (Å²) in [5.74, 6) is -0.162. The molecule has 4 rings (SSSR count). The van der Waals surface area contributed by atoms with Gasteiger partial charge in [0.05, 0.1) is 0 Å². The molecule has 1 fully saturated rings. The predicted molar refractivity (Wildman–Crippen MR) is 147 cm³/mol. The van der Waals surface area contributed by atoms with Crippen LogP contribution in [0.25, 0.3) is 0 Å². The minimum atomic E-state index is -0.737. The Labute approximate surface area is 225 Å². The van der Waals surface area contributed by atoms with E-state index in [2.05, 4.69) is 5.32 Å². The summed E-state index contributed by atoms with van der Waals surface area (Å²) in [5.41, 5.74) is 3.76. The molecule has 1 aliphatic rings. The molecule has 2 amide bonds. The Bertz CT molecular complexity index is 1210. The van der Waals surface area contributed by atoms with E-state index < -0.39 is 6.04 Å². The van der Waals surface area contributed by atoms with Gasteiger partial charge in [-0.25, -0.2) is 4.39 Å². The maximum Gasteiger partial charge on any atom is 0.261 e. The summed E-state index contributed by atoms with van der Waals surface area (Å²) in [6, 6.07) is 20.9. The van der Waals surface area contributed by atoms with Crippen molar-refractivity contribution in [2.45, 2.75) is 71.0 Å². The molecule has 1 atom stereocenters. The molecule has 0 spiro atoms. The lowest BCUT2D eigenvalue weighted by Crippen LogP contribution is -2.53. The van der Waals surface area contributed by atoms with Crippen molar-refractivity contribution in [2.75, 3.05) is 6.61 Å². The number of amides is 2. The highest BCUT2D eigenvalue weighted by Gasteiger charge is 2.32. The Morgan fingerprint density at radius 3 is 2.34 bits per heavy atom. The van der Waals surface area contributed by atoms with Gasteiger partial charge in [-0.05, 0) is 67.1 Å². The summed E-state index contributed by atoms with van der Waals surface area (Å²) < 4.78 is 19.6. The van der Waals surface area contributed by atoms with Gasteiger partial charge in [0.2, 0.25) is 5.91 Å². The summed E-state index contributed by atoms with van der Waals surface area (Å²) in [5, 5.41) is 3.23. The minimum absolute atomic E-state index is 0.114. The van der Waals surface area contributed by atoms with Gasteiger partial charge in [-0.2, -0.15) is 0 Å². The largest absolute Gasteiger partial charge is 0.483 e. The fourth-order valence-electron chi connectivity index (χ4n) is 4.99. The number of halogens is 1. The number of carbonyl (C=O) groups excluding carboxylic acids is 2. The Morgan fingerprint density at radius 2 is 1.63 bits per heavy atom. The van der Waals surface area contributed by atoms with Crippen molar-refractivity contribution in [1.82, 2.24) is 10.2 Å². The first kappa shape index (κ1) is 27.4. The van der Waals surface area contributed by atoms with Gasteiger partial charge in [-0.3, -0.25) is 9.59 Å². The number of nitrogens with one attached hydrogen (secondary N) is 1. The average Bonchev–Trinajstić information content (AvgIpc) is 2.93. The molecule has 3 aromatic rings. The second-order valence-electron chi connectivity index (χ2n) is 10.2. The number of rotatable bonds is 10. The normalized spacial score (nSPS) is 14.5. The van der Waals surface area contributed by atoms with Crippen molar-refractivity contribution in [2.24, 2.45) is 0 Å². The molecular formula is C32H37FN2O3. The van der Waals surface area contributed by atoms with E-state index in [1.807, 2.05) is 62.4 Å². The number of hydrogen-bond acceptors (Lipinski definition) is 3. The van der Waals surface area contributed by atoms with Crippen LogP contribution >= 0.6 is 0 Å². The third-order valence-electron chi connectivity index (χ3n) is 7.39. The molecule has 200 valence electrons. The fourth-order valence-corrected chi connectivity index (χ4v) is 4.99. The van der Waals surface area contributed by atoms with Crippen LogP contribution in [0, 0.1) is 19.7 Å². The van der Waals surface area contributed by atoms with E-state index in [-0.39, 0.29) is 36.8 Å². The summed E-state index contributed by atoms with van der Waals surface area (Å²) in [6.45, 7) is 3.93. The van der Waals surface area contributed by atoms with Crippen LogP contribution in [0.4, 0.5) is 4.39 Å². The second kappa shape index (κ2) is 13.2. The Morgan fingerprint density at radius 1 is 0.921 bits per heavy atom. The SMILES string of the molecule is Cc1cccc(OCC(=O)N(Cc2ccc(F)cc2)C(Cc2ccccc2)C(=O)NC2CCCCC2)c1C. The first-order valence-electron chi connectivity index (χ1n) is 13.5. The van der Waals surface area contributed by atoms with Crippen LogP contribution in [-0.4, -0.2) is 35.4 Å². The molecule has 0 aromatic heterocycles. The van der Waals surface area contributed by atoms with Crippen LogP contribution in [0.15, 0.2) is 72.8 Å². The zero-order valence-corrected chi connectivity index (χ0v) is 22.3. The number of carbonyl (C=O) groups is 2. The van der Waals surface area contributed by atoms with Gasteiger partial charge >= 0.3 is 0 Å². The first-order valence-corrected chi connectivity index (χ1v) is 13.5. The van der Waals surface area contributed by atoms with E-state index in [0.29, 0.717) is 12.2 Å². The summed E-state index contributed by atoms with van der Waals surface area (Å²) in [4.78, 5) is 29.1. The Kier molecular flexibility index (Phi) is 9.52. The fraction of sp³-hybridized carbons (Fsp3) is 0.375. The topological polar surface area (TPSA) is 58.6 Å². The molecule has 1 unspecified atom stereocenters. The number of benzene rings is 3. The maximum atomic E-state index is 13.8. The average molecular weight is 517 g/mol. The van der Waals surface area contributed by atoms with Crippen LogP contribution in [0.2, 0.25) is 0 Å². The lowest BCUT2D eigenvalue weighted by molar-refractivity contribution is -0.143. The Balaban J connectivity index is 1.62. The van der Waals surface area contributed by atoms with Crippen LogP contribution < -0.4 is 10.1 Å². The number of hydrogen-bond donors (Lipinski definition) is 1. The highest BCUT2D eigenvalue weighted by molar-refractivity contribution is 5.88. The van der Waals surface area contributed by atoms with E-state index in [4.69, 9.17) is 4.74 Å². The predicted octanol–water partition coefficient (Wildman–Crippen LogP) is 5.91. The first-order chi connectivity index (χ1) is 18.4. The second-order valence-corrected chi connectivity index (χ2v) is 10.2. The van der Waals surface area contributed by atoms with E-state index in [1.54, 1.807) is 17.0 Å². The zero-order chi connectivity index (χ0) is 26.9. The van der Waals surface area contributed by atoms with Gasteiger partial charge in [0.1, 0.15) is 17.6 Å². The summed E-state index contributed by atoms with van der Waals surface area (Å²) in [6.07, 6.45) is 5.64. The molecule has 38 heavy (non-hydrogen) atoms. The maximum absolute atomic E-state index is 13.8. The van der Waals surface area contributed by atoms with Crippen molar-refractivity contribution >= 4 is 11.8 Å². The zero-order valence-electron chi connectivity index (χ0n) is 22.3. The molecule has 1 saturated carbocycles. The molecular weight excluding hydrogens is 479 g/mol. The molecule has 0 saturated heterocycles. The van der Waals surface area contributed by atoms with Crippen LogP contribution in [-0.2, 0) is 22.6 Å². The van der Waals surface area contributed by atoms with Gasteiger partial charge in [-0.15, -0.1) is 0 Å². The summed E-state index contributed by atoms with van der Waals surface area (Å²) >= 11 is 0. The number of ether oxygens (including phenoxy) is 1. The molecule has 0 radical (unpaired) electrons. The van der Waals surface area contributed by atoms with Gasteiger partial charge in [0.15, 0.2) is 6.61 Å². The minimum Gasteiger partial charge on any atom is -0.483 e. The van der Waals surface area contributed by atoms with Crippen LogP contribution in [0.1, 0.15) is 54.4 Å². The van der Waals surface area contributed by atoms with E-state index in [1.165, 1.54) is 18.6 Å². The molecule has 5 nitrogen and oxygen atoms in total. The van der Waals surface area contributed by atoms with Crippen LogP contribution in [0.5, 0.6) is 5.75 Å². The summed E-state index contributed by atoms with van der Waals surface area (Å²) in [7, 11) is 0. The molecule has 1 aliphatic carbocycles. The smallest absolute Gasteiger partial charge is 0.261 e. The van der Waals surface area contributed by atoms with Crippen molar-refractivity contribution < 1.29 is 18.7 Å². The van der Waals surface area contributed by atoms with Crippen molar-refractivity contribution in [3.8, 4) is 5.75 Å². The highest BCUT2D eigenvalue weighted by atomic mass is 19.1. The van der Waals surface area contributed by atoms with Gasteiger partial charge in [0, 0.05) is 19.0 Å². The molecule has 0 aliphatic heterocycles. The van der Waals surface area contributed by atoms with E-state index in [9.17, 15) is 14.0 Å². The standard InChI is InChI=1S/C32H37FN2O3/c1-23-10-9-15-30(24(23)2)38-22-31(36)35(21-26-16-18-27(33)19-17-26)29(20-25-11-5-3-6-12-25)32(37)34-28-13-7-4-8-14-28/h3,5-6,9-12,15-19,28-29H,4,7-8,13-14,20-22H2,1-2H3,(H,34,37). The number of aryl methyl sites for hydroxylation is 1. The van der Waals surface area contributed by atoms with Crippen molar-refractivity contribution in [3.63, 3.8) is 0 Å². The quantitative estimate of drug-likeness (QED) is 0.364. The molecule has 3 aromatic carbocycles. The van der Waals surface area contributed by atoms with Crippen molar-refractivity contribution in [3.05, 3.63) is 101 Å². The molecule has 1 N–H and O–H groups in total. The van der Waals surface area contributed by atoms with E-state index >= 15 is 0 Å². The van der Waals surface area contributed by atoms with E-state index in [0.717, 1.165) is 47.9 Å². The highest BCUT2D eigenvalue weighted by Crippen LogP contribution is 2.22. The monoisotopic (exact) mass is 516 g/mol. The van der Waals surface area contributed by atoms with Crippen molar-refractivity contribution in [1.29, 1.82) is 0 Å². The number of nitrogens with zero attached hydrogens (tertiary/aromatic N) is 1. The van der Waals surface area contributed by atoms with Gasteiger partial charge in [-0.1, -0.05) is 73.9 Å². The lowest BCUT2D eigenvalue weighted by atomic mass is 9.94. The van der Waals surface area contributed by atoms with Gasteiger partial charge in [0.25, 0.3) is 5.91 Å².